The van der Waals surface area contributed by atoms with Crippen molar-refractivity contribution in [3.8, 4) is 10.6 Å². The van der Waals surface area contributed by atoms with Crippen molar-refractivity contribution in [2.45, 2.75) is 16.3 Å². The van der Waals surface area contributed by atoms with Crippen molar-refractivity contribution < 1.29 is 16.8 Å². The number of nitrogens with one attached hydrogen (secondary N) is 1. The third-order valence-electron chi connectivity index (χ3n) is 4.39. The van der Waals surface area contributed by atoms with E-state index >= 15 is 0 Å². The van der Waals surface area contributed by atoms with Gasteiger partial charge in [0.15, 0.2) is 0 Å². The van der Waals surface area contributed by atoms with Gasteiger partial charge in [0.05, 0.1) is 16.3 Å². The highest BCUT2D eigenvalue weighted by Crippen LogP contribution is 2.31. The van der Waals surface area contributed by atoms with Gasteiger partial charge in [-0.25, -0.2) is 22.0 Å². The van der Waals surface area contributed by atoms with Crippen LogP contribution in [0.25, 0.3) is 10.6 Å². The van der Waals surface area contributed by atoms with Crippen molar-refractivity contribution in [3.05, 3.63) is 83.9 Å². The van der Waals surface area contributed by atoms with E-state index in [4.69, 9.17) is 5.14 Å². The number of benzene rings is 2. The fourth-order valence-electron chi connectivity index (χ4n) is 2.96. The third kappa shape index (κ3) is 4.85. The molecule has 0 unspecified atom stereocenters. The average Bonchev–Trinajstić information content (AvgIpc) is 3.38. The minimum absolute atomic E-state index is 0.0291. The van der Waals surface area contributed by atoms with Crippen LogP contribution in [0.5, 0.6) is 0 Å². The first-order chi connectivity index (χ1) is 14.7. The predicted octanol–water partition coefficient (Wildman–Crippen LogP) is 3.11. The SMILES string of the molecule is NS(=O)(=O)c1ccc(NS(=O)(=O)c2cn(Cc3ccccc3)nc2-c2cccs2)cc1. The Hall–Kier alpha value is -2.99. The van der Waals surface area contributed by atoms with Crippen molar-refractivity contribution in [1.29, 1.82) is 0 Å². The summed E-state index contributed by atoms with van der Waals surface area (Å²) in [4.78, 5) is 0.642. The van der Waals surface area contributed by atoms with Crippen molar-refractivity contribution in [3.63, 3.8) is 0 Å². The topological polar surface area (TPSA) is 124 Å². The second-order valence-electron chi connectivity index (χ2n) is 6.68. The normalized spacial score (nSPS) is 12.0. The van der Waals surface area contributed by atoms with Crippen LogP contribution < -0.4 is 9.86 Å². The first-order valence-corrected chi connectivity index (χ1v) is 12.9. The van der Waals surface area contributed by atoms with Gasteiger partial charge in [-0.3, -0.25) is 9.40 Å². The van der Waals surface area contributed by atoms with E-state index in [1.807, 2.05) is 41.8 Å². The van der Waals surface area contributed by atoms with Crippen LogP contribution in [0.4, 0.5) is 5.69 Å². The summed E-state index contributed by atoms with van der Waals surface area (Å²) < 4.78 is 53.2. The molecule has 0 bridgehead atoms. The molecule has 11 heteroatoms. The molecule has 0 fully saturated rings. The lowest BCUT2D eigenvalue weighted by Gasteiger charge is -2.08. The molecule has 2 aromatic heterocycles. The number of hydrogen-bond acceptors (Lipinski definition) is 6. The minimum atomic E-state index is -4.00. The molecule has 3 N–H and O–H groups in total. The van der Waals surface area contributed by atoms with Crippen LogP contribution in [0, 0.1) is 0 Å². The summed E-state index contributed by atoms with van der Waals surface area (Å²) in [6.45, 7) is 0.414. The molecule has 0 aliphatic heterocycles. The van der Waals surface area contributed by atoms with Crippen molar-refractivity contribution in [2.75, 3.05) is 4.72 Å². The molecule has 2 aromatic carbocycles. The van der Waals surface area contributed by atoms with E-state index in [1.165, 1.54) is 41.8 Å². The number of sulfonamides is 2. The van der Waals surface area contributed by atoms with E-state index in [2.05, 4.69) is 9.82 Å². The highest BCUT2D eigenvalue weighted by atomic mass is 32.2. The average molecular weight is 475 g/mol. The van der Waals surface area contributed by atoms with Crippen molar-refractivity contribution in [2.24, 2.45) is 5.14 Å². The van der Waals surface area contributed by atoms with E-state index in [9.17, 15) is 16.8 Å². The number of primary sulfonamides is 1. The van der Waals surface area contributed by atoms with E-state index in [1.54, 1.807) is 10.7 Å². The van der Waals surface area contributed by atoms with Crippen LogP contribution in [0.1, 0.15) is 5.56 Å². The molecular formula is C20H18N4O4S3. The number of hydrogen-bond donors (Lipinski definition) is 2. The van der Waals surface area contributed by atoms with Gasteiger partial charge in [-0.15, -0.1) is 11.3 Å². The Morgan fingerprint density at radius 1 is 0.935 bits per heavy atom. The van der Waals surface area contributed by atoms with Gasteiger partial charge in [-0.05, 0) is 41.3 Å². The molecule has 160 valence electrons. The molecule has 31 heavy (non-hydrogen) atoms. The molecule has 0 radical (unpaired) electrons. The lowest BCUT2D eigenvalue weighted by molar-refractivity contribution is 0.597. The molecule has 0 saturated carbocycles. The Labute approximate surface area is 184 Å². The zero-order chi connectivity index (χ0) is 22.1. The Morgan fingerprint density at radius 2 is 1.65 bits per heavy atom. The summed E-state index contributed by atoms with van der Waals surface area (Å²) >= 11 is 1.39. The Kier molecular flexibility index (Phi) is 5.67. The number of nitrogens with two attached hydrogens (primary N) is 1. The van der Waals surface area contributed by atoms with Gasteiger partial charge in [0.1, 0.15) is 10.6 Å². The van der Waals surface area contributed by atoms with Gasteiger partial charge in [0, 0.05) is 11.9 Å². The van der Waals surface area contributed by atoms with Crippen LogP contribution in [0.15, 0.2) is 88.1 Å². The molecule has 0 aliphatic rings. The van der Waals surface area contributed by atoms with Crippen LogP contribution >= 0.6 is 11.3 Å². The zero-order valence-corrected chi connectivity index (χ0v) is 18.5. The summed E-state index contributed by atoms with van der Waals surface area (Å²) in [5.74, 6) is 0. The zero-order valence-electron chi connectivity index (χ0n) is 16.0. The number of rotatable bonds is 7. The maximum absolute atomic E-state index is 13.2. The Morgan fingerprint density at radius 3 is 2.26 bits per heavy atom. The quantitative estimate of drug-likeness (QED) is 0.426. The Balaban J connectivity index is 1.69. The highest BCUT2D eigenvalue weighted by molar-refractivity contribution is 7.93. The maximum Gasteiger partial charge on any atom is 0.265 e. The van der Waals surface area contributed by atoms with E-state index < -0.39 is 20.0 Å². The standard InChI is InChI=1S/C20H18N4O4S3/c21-30(25,26)17-10-8-16(9-11-17)23-31(27,28)19-14-24(13-15-5-2-1-3-6-15)22-20(19)18-7-4-12-29-18/h1-12,14,23H,13H2,(H2,21,25,26). The summed E-state index contributed by atoms with van der Waals surface area (Å²) in [5.41, 5.74) is 1.54. The number of anilines is 1. The molecule has 0 saturated heterocycles. The van der Waals surface area contributed by atoms with Gasteiger partial charge in [-0.2, -0.15) is 5.10 Å². The second-order valence-corrected chi connectivity index (χ2v) is 10.8. The summed E-state index contributed by atoms with van der Waals surface area (Å²) in [6.07, 6.45) is 1.49. The fraction of sp³-hybridized carbons (Fsp3) is 0.0500. The second kappa shape index (κ2) is 8.27. The Bertz CT molecular complexity index is 1400. The van der Waals surface area contributed by atoms with E-state index in [0.717, 1.165) is 10.4 Å². The number of thiophene rings is 1. The molecule has 0 aliphatic carbocycles. The van der Waals surface area contributed by atoms with Crippen molar-refractivity contribution >= 4 is 37.1 Å². The summed E-state index contributed by atoms with van der Waals surface area (Å²) in [5, 5.41) is 11.5. The van der Waals surface area contributed by atoms with Gasteiger partial charge in [0.25, 0.3) is 10.0 Å². The first-order valence-electron chi connectivity index (χ1n) is 9.03. The molecule has 2 heterocycles. The number of aromatic nitrogens is 2. The van der Waals surface area contributed by atoms with Gasteiger partial charge in [0.2, 0.25) is 10.0 Å². The van der Waals surface area contributed by atoms with Crippen LogP contribution in [-0.4, -0.2) is 26.6 Å². The van der Waals surface area contributed by atoms with Crippen LogP contribution in [-0.2, 0) is 26.6 Å². The lowest BCUT2D eigenvalue weighted by atomic mass is 10.2. The van der Waals surface area contributed by atoms with E-state index in [-0.39, 0.29) is 15.5 Å². The first kappa shape index (κ1) is 21.2. The molecule has 0 spiro atoms. The third-order valence-corrected chi connectivity index (χ3v) is 7.58. The molecule has 8 nitrogen and oxygen atoms in total. The predicted molar refractivity (Wildman–Crippen MR) is 120 cm³/mol. The molecular weight excluding hydrogens is 456 g/mol. The summed E-state index contributed by atoms with van der Waals surface area (Å²) in [7, 11) is -7.86. The van der Waals surface area contributed by atoms with Crippen LogP contribution in [0.2, 0.25) is 0 Å². The monoisotopic (exact) mass is 474 g/mol. The van der Waals surface area contributed by atoms with E-state index in [0.29, 0.717) is 12.2 Å². The molecule has 4 rings (SSSR count). The maximum atomic E-state index is 13.2. The molecule has 4 aromatic rings. The summed E-state index contributed by atoms with van der Waals surface area (Å²) in [6, 6.07) is 18.4. The van der Waals surface area contributed by atoms with Gasteiger partial charge >= 0.3 is 0 Å². The molecule has 0 atom stereocenters. The van der Waals surface area contributed by atoms with Gasteiger partial charge in [-0.1, -0.05) is 36.4 Å². The molecule has 0 amide bonds. The minimum Gasteiger partial charge on any atom is -0.280 e. The fourth-order valence-corrected chi connectivity index (χ4v) is 5.48. The van der Waals surface area contributed by atoms with Gasteiger partial charge < -0.3 is 0 Å². The largest absolute Gasteiger partial charge is 0.280 e. The smallest absolute Gasteiger partial charge is 0.265 e. The highest BCUT2D eigenvalue weighted by Gasteiger charge is 2.25. The lowest BCUT2D eigenvalue weighted by Crippen LogP contribution is -2.14. The van der Waals surface area contributed by atoms with Crippen molar-refractivity contribution in [1.82, 2.24) is 9.78 Å². The van der Waals surface area contributed by atoms with Crippen LogP contribution in [0.3, 0.4) is 0 Å². The number of nitrogens with zero attached hydrogens (tertiary/aromatic N) is 2.